The normalized spacial score (nSPS) is 30.7. The number of ether oxygens (including phenoxy) is 4. The zero-order valence-corrected chi connectivity index (χ0v) is 17.9. The number of carboxylic acids is 1. The smallest absolute Gasteiger partial charge is 0.481 e. The van der Waals surface area contributed by atoms with Gasteiger partial charge in [-0.05, 0) is 27.2 Å². The molecule has 0 aromatic heterocycles. The van der Waals surface area contributed by atoms with Crippen LogP contribution in [0.15, 0.2) is 0 Å². The van der Waals surface area contributed by atoms with Crippen molar-refractivity contribution >= 4 is 24.1 Å². The first-order valence-corrected chi connectivity index (χ1v) is 9.97. The number of hydrogen-bond donors (Lipinski definition) is 1. The van der Waals surface area contributed by atoms with Crippen LogP contribution >= 0.6 is 0 Å². The molecule has 6 atom stereocenters. The van der Waals surface area contributed by atoms with Crippen molar-refractivity contribution in [2.75, 3.05) is 0 Å². The van der Waals surface area contributed by atoms with E-state index in [1.54, 1.807) is 0 Å². The molecule has 1 aliphatic heterocycles. The predicted molar refractivity (Wildman–Crippen MR) is 92.7 cm³/mol. The first kappa shape index (κ1) is 25.9. The molecule has 0 amide bonds. The largest absolute Gasteiger partial charge is 0.509 e. The lowest BCUT2D eigenvalue weighted by atomic mass is 9.78. The van der Waals surface area contributed by atoms with Gasteiger partial charge < -0.3 is 24.1 Å². The third-order valence-corrected chi connectivity index (χ3v) is 6.03. The van der Waals surface area contributed by atoms with Gasteiger partial charge in [0.1, 0.15) is 24.2 Å². The molecular weight excluding hydrogens is 486 g/mol. The van der Waals surface area contributed by atoms with E-state index in [-0.39, 0.29) is 6.42 Å². The van der Waals surface area contributed by atoms with Crippen LogP contribution in [0.1, 0.15) is 33.6 Å². The monoisotopic (exact) mass is 506 g/mol. The van der Waals surface area contributed by atoms with E-state index in [1.165, 1.54) is 20.8 Å². The van der Waals surface area contributed by atoms with Gasteiger partial charge in [0, 0.05) is 11.8 Å². The van der Waals surface area contributed by atoms with Crippen molar-refractivity contribution in [3.63, 3.8) is 0 Å². The molecule has 1 heterocycles. The number of carbonyl (C=O) groups excluding carboxylic acids is 3. The Labute approximate surface area is 187 Å². The Morgan fingerprint density at radius 1 is 1.00 bits per heavy atom. The van der Waals surface area contributed by atoms with Gasteiger partial charge in [-0.1, -0.05) is 0 Å². The molecular formula is C19H20F6O9. The fourth-order valence-electron chi connectivity index (χ4n) is 4.82. The fraction of sp³-hybridized carbons (Fsp3) is 0.789. The molecule has 1 saturated heterocycles. The molecule has 2 aliphatic carbocycles. The van der Waals surface area contributed by atoms with E-state index in [0.717, 1.165) is 0 Å². The van der Waals surface area contributed by atoms with Gasteiger partial charge in [0.15, 0.2) is 0 Å². The van der Waals surface area contributed by atoms with E-state index in [9.17, 15) is 45.5 Å². The van der Waals surface area contributed by atoms with Gasteiger partial charge in [0.25, 0.3) is 0 Å². The minimum Gasteiger partial charge on any atom is -0.481 e. The molecule has 0 aromatic rings. The molecule has 0 radical (unpaired) electrons. The topological polar surface area (TPSA) is 125 Å². The van der Waals surface area contributed by atoms with Gasteiger partial charge in [-0.15, -0.1) is 0 Å². The average molecular weight is 506 g/mol. The van der Waals surface area contributed by atoms with Crippen LogP contribution in [0.4, 0.5) is 31.1 Å². The molecule has 3 aliphatic rings. The quantitative estimate of drug-likeness (QED) is 0.340. The Kier molecular flexibility index (Phi) is 6.01. The Balaban J connectivity index is 1.92. The molecule has 1 N–H and O–H groups in total. The molecule has 0 aromatic carbocycles. The molecule has 34 heavy (non-hydrogen) atoms. The predicted octanol–water partition coefficient (Wildman–Crippen LogP) is 3.00. The van der Waals surface area contributed by atoms with Crippen LogP contribution in [0.2, 0.25) is 0 Å². The number of halogens is 6. The Morgan fingerprint density at radius 3 is 2.03 bits per heavy atom. The number of hydrogen-bond acceptors (Lipinski definition) is 8. The van der Waals surface area contributed by atoms with Gasteiger partial charge >= 0.3 is 42.0 Å². The SMILES string of the molecule is CC(C)(C)OC(=O)OC1C2CC3C1OC(=O)C3C2C(=O)OC(CC(=O)O)(C(F)(F)F)C(F)(F)F. The van der Waals surface area contributed by atoms with Crippen molar-refractivity contribution in [2.45, 2.75) is 69.4 Å². The van der Waals surface area contributed by atoms with Crippen LogP contribution in [-0.4, -0.2) is 64.9 Å². The van der Waals surface area contributed by atoms with Gasteiger partial charge in [-0.25, -0.2) is 4.79 Å². The van der Waals surface area contributed by atoms with Gasteiger partial charge in [-0.3, -0.25) is 14.4 Å². The van der Waals surface area contributed by atoms with Crippen LogP contribution < -0.4 is 0 Å². The maximum atomic E-state index is 13.5. The minimum atomic E-state index is -6.35. The van der Waals surface area contributed by atoms with Crippen molar-refractivity contribution in [2.24, 2.45) is 23.7 Å². The van der Waals surface area contributed by atoms with Crippen molar-refractivity contribution in [1.29, 1.82) is 0 Å². The summed E-state index contributed by atoms with van der Waals surface area (Å²) in [5.41, 5.74) is -6.37. The molecule has 192 valence electrons. The van der Waals surface area contributed by atoms with Crippen LogP contribution in [0.25, 0.3) is 0 Å². The van der Waals surface area contributed by atoms with E-state index in [4.69, 9.17) is 19.3 Å². The van der Waals surface area contributed by atoms with Crippen LogP contribution in [0.5, 0.6) is 0 Å². The summed E-state index contributed by atoms with van der Waals surface area (Å²) >= 11 is 0. The summed E-state index contributed by atoms with van der Waals surface area (Å²) in [4.78, 5) is 47.9. The zero-order chi connectivity index (χ0) is 26.0. The zero-order valence-electron chi connectivity index (χ0n) is 17.9. The maximum Gasteiger partial charge on any atom is 0.509 e. The molecule has 6 unspecified atom stereocenters. The minimum absolute atomic E-state index is 0.0850. The average Bonchev–Trinajstić information content (AvgIpc) is 3.20. The molecule has 0 spiro atoms. The number of fused-ring (bicyclic) bond motifs is 1. The van der Waals surface area contributed by atoms with Gasteiger partial charge in [0.05, 0.1) is 11.8 Å². The van der Waals surface area contributed by atoms with E-state index in [2.05, 4.69) is 4.74 Å². The fourth-order valence-corrected chi connectivity index (χ4v) is 4.82. The van der Waals surface area contributed by atoms with Crippen molar-refractivity contribution in [1.82, 2.24) is 0 Å². The standard InChI is InChI=1S/C19H20F6O9/c1-16(2,3)34-15(30)32-12-7-4-6-9(13(28)31-11(6)12)10(7)14(29)33-17(5-8(26)27,18(20,21)22)19(23,24)25/h6-7,9-12H,4-5H2,1-3H3,(H,26,27). The molecule has 2 bridgehead atoms. The van der Waals surface area contributed by atoms with Crippen LogP contribution in [-0.2, 0) is 33.3 Å². The number of aliphatic carboxylic acids is 1. The van der Waals surface area contributed by atoms with E-state index < -0.39 is 89.9 Å². The van der Waals surface area contributed by atoms with Crippen molar-refractivity contribution in [3.05, 3.63) is 0 Å². The lowest BCUT2D eigenvalue weighted by molar-refractivity contribution is -0.371. The van der Waals surface area contributed by atoms with Crippen molar-refractivity contribution in [3.8, 4) is 0 Å². The maximum absolute atomic E-state index is 13.5. The molecule has 3 rings (SSSR count). The highest BCUT2D eigenvalue weighted by Gasteiger charge is 2.77. The number of esters is 2. The number of carbonyl (C=O) groups is 4. The highest BCUT2D eigenvalue weighted by molar-refractivity contribution is 5.86. The van der Waals surface area contributed by atoms with E-state index in [1.807, 2.05) is 0 Å². The number of rotatable bonds is 5. The Hall–Kier alpha value is -2.74. The Bertz CT molecular complexity index is 876. The summed E-state index contributed by atoms with van der Waals surface area (Å²) in [6.07, 6.45) is -19.1. The number of alkyl halides is 6. The van der Waals surface area contributed by atoms with E-state index in [0.29, 0.717) is 0 Å². The second-order valence-corrected chi connectivity index (χ2v) is 9.38. The van der Waals surface area contributed by atoms with Gasteiger partial charge in [-0.2, -0.15) is 26.3 Å². The van der Waals surface area contributed by atoms with Gasteiger partial charge in [0.2, 0.25) is 0 Å². The second kappa shape index (κ2) is 7.90. The van der Waals surface area contributed by atoms with Crippen molar-refractivity contribution < 1.29 is 69.6 Å². The highest BCUT2D eigenvalue weighted by atomic mass is 19.4. The third kappa shape index (κ3) is 4.24. The molecule has 15 heteroatoms. The summed E-state index contributed by atoms with van der Waals surface area (Å²) in [5.74, 6) is -11.0. The number of carboxylic acid groups (broad SMARTS) is 1. The summed E-state index contributed by atoms with van der Waals surface area (Å²) in [6.45, 7) is 4.49. The first-order valence-electron chi connectivity index (χ1n) is 9.97. The summed E-state index contributed by atoms with van der Waals surface area (Å²) in [5, 5.41) is 8.70. The summed E-state index contributed by atoms with van der Waals surface area (Å²) in [7, 11) is 0. The van der Waals surface area contributed by atoms with Crippen LogP contribution in [0.3, 0.4) is 0 Å². The van der Waals surface area contributed by atoms with Crippen LogP contribution in [0, 0.1) is 23.7 Å². The Morgan fingerprint density at radius 2 is 1.56 bits per heavy atom. The first-order chi connectivity index (χ1) is 15.3. The lowest BCUT2D eigenvalue weighted by Gasteiger charge is -2.37. The highest BCUT2D eigenvalue weighted by Crippen LogP contribution is 2.60. The van der Waals surface area contributed by atoms with E-state index >= 15 is 0 Å². The summed E-state index contributed by atoms with van der Waals surface area (Å²) < 4.78 is 100. The lowest BCUT2D eigenvalue weighted by Crippen LogP contribution is -2.61. The second-order valence-electron chi connectivity index (χ2n) is 9.38. The third-order valence-electron chi connectivity index (χ3n) is 6.03. The molecule has 3 fully saturated rings. The molecule has 9 nitrogen and oxygen atoms in total. The summed E-state index contributed by atoms with van der Waals surface area (Å²) in [6, 6.07) is 0. The molecule has 2 saturated carbocycles.